The Morgan fingerprint density at radius 2 is 2.10 bits per heavy atom. The van der Waals surface area contributed by atoms with Crippen LogP contribution in [0.1, 0.15) is 38.5 Å². The van der Waals surface area contributed by atoms with Crippen molar-refractivity contribution in [3.8, 4) is 6.07 Å². The van der Waals surface area contributed by atoms with E-state index in [4.69, 9.17) is 11.0 Å². The third kappa shape index (κ3) is 1.78. The molecule has 0 unspecified atom stereocenters. The zero-order valence-corrected chi connectivity index (χ0v) is 11.5. The summed E-state index contributed by atoms with van der Waals surface area (Å²) in [5, 5.41) is 9.17. The third-order valence-corrected chi connectivity index (χ3v) is 5.41. The molecule has 3 rings (SSSR count). The standard InChI is InChI=1S/C15H20FN3O/c1-9(16)15(4-2-3-5-15)13(18)14(20)19-11(8-17)6-10-7-12(10)19/h10-13H,1-7,18H2/t10-,11+,12+,13-/m1/s1. The average molecular weight is 277 g/mol. The molecule has 2 N–H and O–H groups in total. The van der Waals surface area contributed by atoms with E-state index < -0.39 is 17.3 Å². The molecule has 4 nitrogen and oxygen atoms in total. The van der Waals surface area contributed by atoms with Gasteiger partial charge in [0, 0.05) is 11.5 Å². The van der Waals surface area contributed by atoms with Crippen molar-refractivity contribution in [2.75, 3.05) is 0 Å². The minimum absolute atomic E-state index is 0.157. The van der Waals surface area contributed by atoms with Gasteiger partial charge < -0.3 is 10.6 Å². The van der Waals surface area contributed by atoms with Crippen LogP contribution in [0.25, 0.3) is 0 Å². The molecule has 1 heterocycles. The number of hydrogen-bond acceptors (Lipinski definition) is 3. The lowest BCUT2D eigenvalue weighted by molar-refractivity contribution is -0.136. The lowest BCUT2D eigenvalue weighted by Gasteiger charge is -2.36. The topological polar surface area (TPSA) is 70.1 Å². The zero-order valence-electron chi connectivity index (χ0n) is 11.5. The molecule has 0 aromatic rings. The van der Waals surface area contributed by atoms with Crippen LogP contribution in [0.4, 0.5) is 4.39 Å². The maximum absolute atomic E-state index is 13.9. The predicted octanol–water partition coefficient (Wildman–Crippen LogP) is 1.87. The Morgan fingerprint density at radius 3 is 2.65 bits per heavy atom. The van der Waals surface area contributed by atoms with E-state index in [1.54, 1.807) is 4.90 Å². The highest BCUT2D eigenvalue weighted by Crippen LogP contribution is 2.51. The number of fused-ring (bicyclic) bond motifs is 1. The monoisotopic (exact) mass is 277 g/mol. The van der Waals surface area contributed by atoms with Gasteiger partial charge in [0.05, 0.1) is 12.1 Å². The van der Waals surface area contributed by atoms with Crippen molar-refractivity contribution in [2.45, 2.75) is 56.7 Å². The maximum atomic E-state index is 13.9. The summed E-state index contributed by atoms with van der Waals surface area (Å²) in [6, 6.07) is 1.04. The predicted molar refractivity (Wildman–Crippen MR) is 71.9 cm³/mol. The van der Waals surface area contributed by atoms with Gasteiger partial charge in [-0.05, 0) is 31.6 Å². The second kappa shape index (κ2) is 4.56. The number of halogens is 1. The first kappa shape index (κ1) is 13.6. The number of piperidine rings is 1. The van der Waals surface area contributed by atoms with Crippen LogP contribution >= 0.6 is 0 Å². The molecule has 4 atom stereocenters. The number of carbonyl (C=O) groups is 1. The molecule has 5 heteroatoms. The lowest BCUT2D eigenvalue weighted by atomic mass is 9.77. The van der Waals surface area contributed by atoms with Gasteiger partial charge in [0.1, 0.15) is 11.9 Å². The fraction of sp³-hybridized carbons (Fsp3) is 0.733. The van der Waals surface area contributed by atoms with Crippen LogP contribution in [0.15, 0.2) is 12.4 Å². The summed E-state index contributed by atoms with van der Waals surface area (Å²) in [6.07, 6.45) is 4.60. The highest BCUT2D eigenvalue weighted by atomic mass is 19.1. The van der Waals surface area contributed by atoms with E-state index >= 15 is 0 Å². The van der Waals surface area contributed by atoms with E-state index in [1.165, 1.54) is 0 Å². The van der Waals surface area contributed by atoms with Gasteiger partial charge in [-0.3, -0.25) is 4.79 Å². The van der Waals surface area contributed by atoms with E-state index in [9.17, 15) is 9.18 Å². The van der Waals surface area contributed by atoms with E-state index in [0.717, 1.165) is 25.7 Å². The zero-order chi connectivity index (χ0) is 14.5. The van der Waals surface area contributed by atoms with Gasteiger partial charge in [-0.2, -0.15) is 5.26 Å². The van der Waals surface area contributed by atoms with Crippen molar-refractivity contribution in [1.82, 2.24) is 4.90 Å². The second-order valence-corrected chi connectivity index (χ2v) is 6.44. The first-order valence-electron chi connectivity index (χ1n) is 7.33. The van der Waals surface area contributed by atoms with Crippen molar-refractivity contribution in [3.05, 3.63) is 12.4 Å². The molecule has 0 radical (unpaired) electrons. The maximum Gasteiger partial charge on any atom is 0.241 e. The number of likely N-dealkylation sites (tertiary alicyclic amines) is 1. The molecular weight excluding hydrogens is 257 g/mol. The smallest absolute Gasteiger partial charge is 0.241 e. The third-order valence-electron chi connectivity index (χ3n) is 5.41. The van der Waals surface area contributed by atoms with E-state index in [1.807, 2.05) is 0 Å². The Balaban J connectivity index is 1.83. The Bertz CT molecular complexity index is 492. The highest BCUT2D eigenvalue weighted by molar-refractivity contribution is 5.85. The highest BCUT2D eigenvalue weighted by Gasteiger charge is 2.57. The van der Waals surface area contributed by atoms with Crippen LogP contribution in [0.5, 0.6) is 0 Å². The molecule has 3 aliphatic rings. The Morgan fingerprint density at radius 1 is 1.45 bits per heavy atom. The van der Waals surface area contributed by atoms with Crippen LogP contribution in [-0.2, 0) is 4.79 Å². The van der Waals surface area contributed by atoms with Crippen LogP contribution in [-0.4, -0.2) is 28.9 Å². The Hall–Kier alpha value is -1.41. The number of nitrogens with two attached hydrogens (primary N) is 1. The summed E-state index contributed by atoms with van der Waals surface area (Å²) in [4.78, 5) is 14.3. The largest absolute Gasteiger partial charge is 0.322 e. The fourth-order valence-corrected chi connectivity index (χ4v) is 4.04. The van der Waals surface area contributed by atoms with Crippen LogP contribution in [0.3, 0.4) is 0 Å². The molecule has 0 bridgehead atoms. The number of hydrogen-bond donors (Lipinski definition) is 1. The van der Waals surface area contributed by atoms with Crippen molar-refractivity contribution in [1.29, 1.82) is 5.26 Å². The molecule has 1 saturated heterocycles. The molecule has 1 aliphatic heterocycles. The van der Waals surface area contributed by atoms with E-state index in [2.05, 4.69) is 12.6 Å². The lowest BCUT2D eigenvalue weighted by Crippen LogP contribution is -2.54. The number of rotatable bonds is 3. The van der Waals surface area contributed by atoms with Gasteiger partial charge in [-0.15, -0.1) is 0 Å². The molecular formula is C15H20FN3O. The quantitative estimate of drug-likeness (QED) is 0.856. The van der Waals surface area contributed by atoms with Crippen molar-refractivity contribution in [3.63, 3.8) is 0 Å². The first-order chi connectivity index (χ1) is 9.51. The van der Waals surface area contributed by atoms with Crippen LogP contribution in [0, 0.1) is 22.7 Å². The van der Waals surface area contributed by atoms with Gasteiger partial charge in [-0.1, -0.05) is 19.4 Å². The average Bonchev–Trinajstić information content (AvgIpc) is 2.91. The molecule has 0 aromatic carbocycles. The SMILES string of the molecule is C=C(F)C1([C@H](N)C(=O)N2[C@H](C#N)C[C@@H]3C[C@@H]32)CCCC1. The van der Waals surface area contributed by atoms with Crippen molar-refractivity contribution >= 4 is 5.91 Å². The number of nitrogens with zero attached hydrogens (tertiary/aromatic N) is 2. The molecule has 20 heavy (non-hydrogen) atoms. The Labute approximate surface area is 118 Å². The molecule has 3 fully saturated rings. The van der Waals surface area contributed by atoms with Gasteiger partial charge >= 0.3 is 0 Å². The van der Waals surface area contributed by atoms with Gasteiger partial charge in [0.2, 0.25) is 5.91 Å². The van der Waals surface area contributed by atoms with Crippen LogP contribution in [0.2, 0.25) is 0 Å². The molecule has 2 saturated carbocycles. The minimum atomic E-state index is -0.913. The number of nitriles is 1. The summed E-state index contributed by atoms with van der Waals surface area (Å²) in [5.41, 5.74) is 5.22. The number of carbonyl (C=O) groups excluding carboxylic acids is 1. The molecule has 0 aromatic heterocycles. The fourth-order valence-electron chi connectivity index (χ4n) is 4.04. The molecule has 2 aliphatic carbocycles. The van der Waals surface area contributed by atoms with Crippen LogP contribution < -0.4 is 5.73 Å². The van der Waals surface area contributed by atoms with Gasteiger partial charge in [0.25, 0.3) is 0 Å². The Kier molecular flexibility index (Phi) is 3.09. The van der Waals surface area contributed by atoms with E-state index in [0.29, 0.717) is 18.8 Å². The number of amides is 1. The van der Waals surface area contributed by atoms with Gasteiger partial charge in [-0.25, -0.2) is 4.39 Å². The first-order valence-corrected chi connectivity index (χ1v) is 7.33. The van der Waals surface area contributed by atoms with Crippen molar-refractivity contribution < 1.29 is 9.18 Å². The van der Waals surface area contributed by atoms with Gasteiger partial charge in [0.15, 0.2) is 0 Å². The summed E-state index contributed by atoms with van der Waals surface area (Å²) in [5.74, 6) is -0.290. The normalized spacial score (nSPS) is 35.2. The molecule has 1 amide bonds. The summed E-state index contributed by atoms with van der Waals surface area (Å²) < 4.78 is 13.9. The van der Waals surface area contributed by atoms with Crippen molar-refractivity contribution in [2.24, 2.45) is 17.1 Å². The summed E-state index contributed by atoms with van der Waals surface area (Å²) in [6.45, 7) is 3.43. The summed E-state index contributed by atoms with van der Waals surface area (Å²) >= 11 is 0. The second-order valence-electron chi connectivity index (χ2n) is 6.44. The summed E-state index contributed by atoms with van der Waals surface area (Å²) in [7, 11) is 0. The molecule has 108 valence electrons. The minimum Gasteiger partial charge on any atom is -0.322 e. The van der Waals surface area contributed by atoms with E-state index in [-0.39, 0.29) is 18.0 Å². The molecule has 0 spiro atoms.